The van der Waals surface area contributed by atoms with Gasteiger partial charge in [-0.1, -0.05) is 12.1 Å². The number of ether oxygens (including phenoxy) is 1. The number of methoxy groups -OCH3 is 1. The molecule has 1 saturated heterocycles. The van der Waals surface area contributed by atoms with Gasteiger partial charge < -0.3 is 15.4 Å². The molecule has 0 atom stereocenters. The van der Waals surface area contributed by atoms with Gasteiger partial charge in [-0.25, -0.2) is 0 Å². The van der Waals surface area contributed by atoms with Gasteiger partial charge in [-0.2, -0.15) is 0 Å². The Morgan fingerprint density at radius 1 is 1.35 bits per heavy atom. The van der Waals surface area contributed by atoms with Gasteiger partial charge in [-0.3, -0.25) is 0 Å². The molecule has 0 aromatic heterocycles. The highest BCUT2D eigenvalue weighted by molar-refractivity contribution is 5.54. The predicted molar refractivity (Wildman–Crippen MR) is 71.3 cm³/mol. The lowest BCUT2D eigenvalue weighted by Crippen LogP contribution is -2.37. The average Bonchev–Trinajstić information content (AvgIpc) is 2.39. The summed E-state index contributed by atoms with van der Waals surface area (Å²) in [5.74, 6) is 0. The van der Waals surface area contributed by atoms with Crippen LogP contribution >= 0.6 is 0 Å². The number of nitrogens with two attached hydrogens (primary N) is 1. The number of nitrogens with zero attached hydrogens (tertiary/aromatic N) is 1. The first kappa shape index (κ1) is 12.4. The molecule has 1 aliphatic heterocycles. The highest BCUT2D eigenvalue weighted by atomic mass is 16.5. The fraction of sp³-hybridized carbons (Fsp3) is 0.571. The molecule has 1 fully saturated rings. The third-order valence-corrected chi connectivity index (χ3v) is 3.61. The van der Waals surface area contributed by atoms with Gasteiger partial charge in [0.25, 0.3) is 0 Å². The first-order chi connectivity index (χ1) is 8.24. The molecule has 0 aliphatic carbocycles. The Kier molecular flexibility index (Phi) is 4.02. The van der Waals surface area contributed by atoms with E-state index in [1.165, 1.54) is 16.8 Å². The maximum absolute atomic E-state index is 5.65. The summed E-state index contributed by atoms with van der Waals surface area (Å²) in [5, 5.41) is 0. The Hall–Kier alpha value is -1.06. The van der Waals surface area contributed by atoms with Gasteiger partial charge in [-0.15, -0.1) is 0 Å². The third-order valence-electron chi connectivity index (χ3n) is 3.61. The molecule has 0 bridgehead atoms. The number of piperidine rings is 1. The predicted octanol–water partition coefficient (Wildman–Crippen LogP) is 2.07. The van der Waals surface area contributed by atoms with Crippen molar-refractivity contribution in [2.75, 3.05) is 25.1 Å². The molecule has 94 valence electrons. The lowest BCUT2D eigenvalue weighted by atomic mass is 10.0. The van der Waals surface area contributed by atoms with E-state index in [0.29, 0.717) is 12.6 Å². The zero-order chi connectivity index (χ0) is 12.3. The van der Waals surface area contributed by atoms with Gasteiger partial charge in [0.2, 0.25) is 0 Å². The number of rotatable bonds is 3. The molecule has 0 amide bonds. The minimum atomic E-state index is 0.440. The van der Waals surface area contributed by atoms with Crippen LogP contribution in [-0.2, 0) is 11.3 Å². The van der Waals surface area contributed by atoms with Crippen LogP contribution in [0, 0.1) is 6.92 Å². The fourth-order valence-corrected chi connectivity index (χ4v) is 2.53. The van der Waals surface area contributed by atoms with Gasteiger partial charge in [0.1, 0.15) is 0 Å². The molecule has 1 aromatic carbocycles. The maximum atomic E-state index is 5.65. The van der Waals surface area contributed by atoms with Crippen LogP contribution in [0.2, 0.25) is 0 Å². The van der Waals surface area contributed by atoms with Gasteiger partial charge in [0.15, 0.2) is 0 Å². The topological polar surface area (TPSA) is 38.5 Å². The first-order valence-electron chi connectivity index (χ1n) is 6.32. The number of benzene rings is 1. The molecule has 0 radical (unpaired) electrons. The summed E-state index contributed by atoms with van der Waals surface area (Å²) in [6.07, 6.45) is 2.68. The van der Waals surface area contributed by atoms with E-state index in [9.17, 15) is 0 Å². The van der Waals surface area contributed by atoms with E-state index < -0.39 is 0 Å². The number of hydrogen-bond donors (Lipinski definition) is 1. The molecule has 3 nitrogen and oxygen atoms in total. The lowest BCUT2D eigenvalue weighted by Gasteiger charge is -2.34. The second-order valence-electron chi connectivity index (χ2n) is 4.75. The van der Waals surface area contributed by atoms with Crippen LogP contribution in [0.5, 0.6) is 0 Å². The molecule has 0 unspecified atom stereocenters. The molecule has 2 N–H and O–H groups in total. The Morgan fingerprint density at radius 3 is 2.59 bits per heavy atom. The Bertz CT molecular complexity index is 370. The first-order valence-corrected chi connectivity index (χ1v) is 6.32. The van der Waals surface area contributed by atoms with E-state index >= 15 is 0 Å². The molecule has 3 heteroatoms. The Labute approximate surface area is 104 Å². The minimum Gasteiger partial charge on any atom is -0.381 e. The minimum absolute atomic E-state index is 0.440. The summed E-state index contributed by atoms with van der Waals surface area (Å²) >= 11 is 0. The van der Waals surface area contributed by atoms with Crippen molar-refractivity contribution in [2.24, 2.45) is 5.73 Å². The van der Waals surface area contributed by atoms with Crippen molar-refractivity contribution >= 4 is 5.69 Å². The van der Waals surface area contributed by atoms with E-state index in [1.807, 2.05) is 7.11 Å². The van der Waals surface area contributed by atoms with Crippen LogP contribution in [0.1, 0.15) is 24.0 Å². The zero-order valence-corrected chi connectivity index (χ0v) is 10.8. The van der Waals surface area contributed by atoms with Crippen LogP contribution < -0.4 is 10.6 Å². The SMILES string of the molecule is COC1CCN(c2ccc(CN)cc2C)CC1. The van der Waals surface area contributed by atoms with E-state index in [1.54, 1.807) is 0 Å². The van der Waals surface area contributed by atoms with Crippen molar-refractivity contribution in [3.63, 3.8) is 0 Å². The lowest BCUT2D eigenvalue weighted by molar-refractivity contribution is 0.0819. The Morgan fingerprint density at radius 2 is 2.06 bits per heavy atom. The fourth-order valence-electron chi connectivity index (χ4n) is 2.53. The van der Waals surface area contributed by atoms with Crippen molar-refractivity contribution in [3.8, 4) is 0 Å². The van der Waals surface area contributed by atoms with Crippen LogP contribution in [0.4, 0.5) is 5.69 Å². The Balaban J connectivity index is 2.08. The van der Waals surface area contributed by atoms with Gasteiger partial charge in [0.05, 0.1) is 6.10 Å². The van der Waals surface area contributed by atoms with Crippen molar-refractivity contribution in [1.82, 2.24) is 0 Å². The van der Waals surface area contributed by atoms with Crippen LogP contribution in [0.3, 0.4) is 0 Å². The highest BCUT2D eigenvalue weighted by Crippen LogP contribution is 2.25. The molecule has 1 aliphatic rings. The molecular weight excluding hydrogens is 212 g/mol. The smallest absolute Gasteiger partial charge is 0.0605 e. The molecule has 17 heavy (non-hydrogen) atoms. The van der Waals surface area contributed by atoms with Crippen LogP contribution in [0.25, 0.3) is 0 Å². The van der Waals surface area contributed by atoms with Gasteiger partial charge >= 0.3 is 0 Å². The number of hydrogen-bond acceptors (Lipinski definition) is 3. The molecule has 1 heterocycles. The second-order valence-corrected chi connectivity index (χ2v) is 4.75. The summed E-state index contributed by atoms with van der Waals surface area (Å²) in [7, 11) is 1.81. The zero-order valence-electron chi connectivity index (χ0n) is 10.8. The largest absolute Gasteiger partial charge is 0.381 e. The summed E-state index contributed by atoms with van der Waals surface area (Å²) in [4.78, 5) is 2.45. The third kappa shape index (κ3) is 2.79. The highest BCUT2D eigenvalue weighted by Gasteiger charge is 2.19. The summed E-state index contributed by atoms with van der Waals surface area (Å²) in [6, 6.07) is 6.52. The van der Waals surface area contributed by atoms with Crippen molar-refractivity contribution in [2.45, 2.75) is 32.4 Å². The summed E-state index contributed by atoms with van der Waals surface area (Å²) in [6.45, 7) is 4.95. The van der Waals surface area contributed by atoms with Crippen LogP contribution in [-0.4, -0.2) is 26.3 Å². The van der Waals surface area contributed by atoms with Gasteiger partial charge in [-0.05, 0) is 37.0 Å². The van der Waals surface area contributed by atoms with Crippen LogP contribution in [0.15, 0.2) is 18.2 Å². The molecular formula is C14H22N2O. The van der Waals surface area contributed by atoms with E-state index in [4.69, 9.17) is 10.5 Å². The van der Waals surface area contributed by atoms with E-state index in [0.717, 1.165) is 25.9 Å². The summed E-state index contributed by atoms with van der Waals surface area (Å²) in [5.41, 5.74) is 9.53. The number of aryl methyl sites for hydroxylation is 1. The standard InChI is InChI=1S/C14H22N2O/c1-11-9-12(10-15)3-4-14(11)16-7-5-13(17-2)6-8-16/h3-4,9,13H,5-8,10,15H2,1-2H3. The normalized spacial score (nSPS) is 17.5. The molecule has 0 spiro atoms. The molecule has 1 aromatic rings. The summed E-state index contributed by atoms with van der Waals surface area (Å²) < 4.78 is 5.40. The van der Waals surface area contributed by atoms with E-state index in [2.05, 4.69) is 30.0 Å². The van der Waals surface area contributed by atoms with Gasteiger partial charge in [0, 0.05) is 32.4 Å². The van der Waals surface area contributed by atoms with Crippen molar-refractivity contribution in [3.05, 3.63) is 29.3 Å². The molecule has 2 rings (SSSR count). The average molecular weight is 234 g/mol. The maximum Gasteiger partial charge on any atom is 0.0605 e. The van der Waals surface area contributed by atoms with Crippen molar-refractivity contribution < 1.29 is 4.74 Å². The van der Waals surface area contributed by atoms with Crippen molar-refractivity contribution in [1.29, 1.82) is 0 Å². The molecule has 0 saturated carbocycles. The quantitative estimate of drug-likeness (QED) is 0.870. The monoisotopic (exact) mass is 234 g/mol. The number of anilines is 1. The van der Waals surface area contributed by atoms with E-state index in [-0.39, 0.29) is 0 Å². The second kappa shape index (κ2) is 5.52.